The molecular weight excluding hydrogens is 400 g/mol. The lowest BCUT2D eigenvalue weighted by molar-refractivity contribution is -0.119. The molecule has 0 aliphatic carbocycles. The van der Waals surface area contributed by atoms with Crippen LogP contribution < -0.4 is 24.4 Å². The fourth-order valence-corrected chi connectivity index (χ4v) is 3.18. The number of esters is 1. The Morgan fingerprint density at radius 3 is 2.03 bits per heavy atom. The van der Waals surface area contributed by atoms with Crippen molar-refractivity contribution in [2.24, 2.45) is 0 Å². The molecule has 2 aromatic rings. The van der Waals surface area contributed by atoms with Crippen molar-refractivity contribution in [1.82, 2.24) is 0 Å². The summed E-state index contributed by atoms with van der Waals surface area (Å²) in [5, 5.41) is 2.72. The second-order valence-corrected chi connectivity index (χ2v) is 6.96. The van der Waals surface area contributed by atoms with Gasteiger partial charge in [-0.1, -0.05) is 0 Å². The summed E-state index contributed by atoms with van der Waals surface area (Å²) in [6.07, 6.45) is 0. The van der Waals surface area contributed by atoms with Crippen molar-refractivity contribution < 1.29 is 28.5 Å². The third-order valence-electron chi connectivity index (χ3n) is 4.71. The SMILES string of the molecule is CCN(c1ccc(NC(=O)COC(=O)c2cc(OC)c(OC)cc2OC)cc1)C(C)C. The Hall–Kier alpha value is -3.42. The van der Waals surface area contributed by atoms with Gasteiger partial charge in [0.25, 0.3) is 5.91 Å². The highest BCUT2D eigenvalue weighted by molar-refractivity contribution is 5.97. The number of rotatable bonds is 10. The monoisotopic (exact) mass is 430 g/mol. The highest BCUT2D eigenvalue weighted by Crippen LogP contribution is 2.34. The maximum Gasteiger partial charge on any atom is 0.342 e. The number of nitrogens with zero attached hydrogens (tertiary/aromatic N) is 1. The first kappa shape index (κ1) is 23.9. The molecule has 0 bridgehead atoms. The number of nitrogens with one attached hydrogen (secondary N) is 1. The number of hydrogen-bond donors (Lipinski definition) is 1. The number of carbonyl (C=O) groups is 2. The third kappa shape index (κ3) is 6.04. The molecule has 2 rings (SSSR count). The predicted molar refractivity (Wildman–Crippen MR) is 120 cm³/mol. The first-order valence-corrected chi connectivity index (χ1v) is 9.98. The van der Waals surface area contributed by atoms with Gasteiger partial charge < -0.3 is 29.2 Å². The minimum atomic E-state index is -0.709. The fourth-order valence-electron chi connectivity index (χ4n) is 3.18. The molecule has 0 atom stereocenters. The van der Waals surface area contributed by atoms with Crippen LogP contribution in [-0.4, -0.2) is 52.4 Å². The van der Waals surface area contributed by atoms with E-state index in [9.17, 15) is 9.59 Å². The van der Waals surface area contributed by atoms with Gasteiger partial charge in [0.1, 0.15) is 11.3 Å². The molecule has 8 heteroatoms. The summed E-state index contributed by atoms with van der Waals surface area (Å²) in [6.45, 7) is 6.80. The van der Waals surface area contributed by atoms with Crippen molar-refractivity contribution in [2.45, 2.75) is 26.8 Å². The Balaban J connectivity index is 2.01. The average molecular weight is 431 g/mol. The third-order valence-corrected chi connectivity index (χ3v) is 4.71. The van der Waals surface area contributed by atoms with Crippen molar-refractivity contribution in [1.29, 1.82) is 0 Å². The average Bonchev–Trinajstić information content (AvgIpc) is 2.77. The molecule has 0 radical (unpaired) electrons. The number of anilines is 2. The molecule has 0 aromatic heterocycles. The van der Waals surface area contributed by atoms with Crippen LogP contribution in [-0.2, 0) is 9.53 Å². The van der Waals surface area contributed by atoms with E-state index in [1.54, 1.807) is 0 Å². The van der Waals surface area contributed by atoms with E-state index in [0.29, 0.717) is 23.2 Å². The van der Waals surface area contributed by atoms with Crippen LogP contribution in [0.2, 0.25) is 0 Å². The Morgan fingerprint density at radius 2 is 1.52 bits per heavy atom. The van der Waals surface area contributed by atoms with Crippen molar-refractivity contribution in [3.8, 4) is 17.2 Å². The lowest BCUT2D eigenvalue weighted by Gasteiger charge is -2.27. The van der Waals surface area contributed by atoms with Gasteiger partial charge in [-0.15, -0.1) is 0 Å². The minimum Gasteiger partial charge on any atom is -0.496 e. The largest absolute Gasteiger partial charge is 0.496 e. The Labute approximate surface area is 183 Å². The normalized spacial score (nSPS) is 10.4. The second-order valence-electron chi connectivity index (χ2n) is 6.96. The molecule has 8 nitrogen and oxygen atoms in total. The van der Waals surface area contributed by atoms with Crippen LogP contribution in [0.4, 0.5) is 11.4 Å². The van der Waals surface area contributed by atoms with Crippen LogP contribution in [0.1, 0.15) is 31.1 Å². The summed E-state index contributed by atoms with van der Waals surface area (Å²) < 4.78 is 20.8. The van der Waals surface area contributed by atoms with Crippen LogP contribution in [0, 0.1) is 0 Å². The van der Waals surface area contributed by atoms with Crippen LogP contribution in [0.3, 0.4) is 0 Å². The Kier molecular flexibility index (Phi) is 8.54. The van der Waals surface area contributed by atoms with Crippen molar-refractivity contribution in [2.75, 3.05) is 44.7 Å². The van der Waals surface area contributed by atoms with Crippen LogP contribution >= 0.6 is 0 Å². The lowest BCUT2D eigenvalue weighted by atomic mass is 10.1. The lowest BCUT2D eigenvalue weighted by Crippen LogP contribution is -2.30. The zero-order valence-corrected chi connectivity index (χ0v) is 18.9. The van der Waals surface area contributed by atoms with E-state index in [1.165, 1.54) is 33.5 Å². The summed E-state index contributed by atoms with van der Waals surface area (Å²) in [5.41, 5.74) is 1.82. The molecular formula is C23H30N2O6. The number of ether oxygens (including phenoxy) is 4. The number of benzene rings is 2. The molecule has 0 fully saturated rings. The summed E-state index contributed by atoms with van der Waals surface area (Å²) in [6, 6.07) is 10.9. The van der Waals surface area contributed by atoms with E-state index in [0.717, 1.165) is 12.2 Å². The predicted octanol–water partition coefficient (Wildman–Crippen LogP) is 3.74. The van der Waals surface area contributed by atoms with E-state index >= 15 is 0 Å². The van der Waals surface area contributed by atoms with Crippen molar-refractivity contribution in [3.63, 3.8) is 0 Å². The Morgan fingerprint density at radius 1 is 0.935 bits per heavy atom. The van der Waals surface area contributed by atoms with Gasteiger partial charge >= 0.3 is 5.97 Å². The molecule has 168 valence electrons. The van der Waals surface area contributed by atoms with Gasteiger partial charge in [-0.2, -0.15) is 0 Å². The summed E-state index contributed by atoms with van der Waals surface area (Å²) in [4.78, 5) is 27.0. The number of amides is 1. The van der Waals surface area contributed by atoms with Gasteiger partial charge in [0.2, 0.25) is 0 Å². The van der Waals surface area contributed by atoms with Crippen LogP contribution in [0.15, 0.2) is 36.4 Å². The fraction of sp³-hybridized carbons (Fsp3) is 0.391. The molecule has 1 N–H and O–H groups in total. The topological polar surface area (TPSA) is 86.3 Å². The van der Waals surface area contributed by atoms with Crippen molar-refractivity contribution >= 4 is 23.3 Å². The first-order chi connectivity index (χ1) is 14.8. The van der Waals surface area contributed by atoms with Crippen molar-refractivity contribution in [3.05, 3.63) is 42.0 Å². The molecule has 31 heavy (non-hydrogen) atoms. The molecule has 0 aliphatic heterocycles. The summed E-state index contributed by atoms with van der Waals surface area (Å²) in [5.74, 6) is -0.140. The molecule has 0 unspecified atom stereocenters. The van der Waals surface area contributed by atoms with E-state index < -0.39 is 18.5 Å². The van der Waals surface area contributed by atoms with Crippen LogP contribution in [0.5, 0.6) is 17.2 Å². The molecule has 1 amide bonds. The smallest absolute Gasteiger partial charge is 0.342 e. The molecule has 0 saturated heterocycles. The van der Waals surface area contributed by atoms with Gasteiger partial charge in [-0.05, 0) is 45.0 Å². The van der Waals surface area contributed by atoms with Gasteiger partial charge in [-0.3, -0.25) is 4.79 Å². The Bertz CT molecular complexity index is 896. The maximum atomic E-state index is 12.5. The van der Waals surface area contributed by atoms with E-state index in [4.69, 9.17) is 18.9 Å². The van der Waals surface area contributed by atoms with E-state index in [1.807, 2.05) is 24.3 Å². The molecule has 0 heterocycles. The molecule has 2 aromatic carbocycles. The standard InChI is InChI=1S/C23H30N2O6/c1-7-25(15(2)3)17-10-8-16(9-11-17)24-22(26)14-31-23(27)18-12-20(29-5)21(30-6)13-19(18)28-4/h8-13,15H,7,14H2,1-6H3,(H,24,26). The van der Waals surface area contributed by atoms with E-state index in [2.05, 4.69) is 31.0 Å². The zero-order valence-electron chi connectivity index (χ0n) is 18.9. The number of hydrogen-bond acceptors (Lipinski definition) is 7. The van der Waals surface area contributed by atoms with Crippen LogP contribution in [0.25, 0.3) is 0 Å². The second kappa shape index (κ2) is 11.1. The van der Waals surface area contributed by atoms with Gasteiger partial charge in [0.15, 0.2) is 18.1 Å². The maximum absolute atomic E-state index is 12.5. The zero-order chi connectivity index (χ0) is 23.0. The number of methoxy groups -OCH3 is 3. The molecule has 0 aliphatic rings. The van der Waals surface area contributed by atoms with Gasteiger partial charge in [0, 0.05) is 36.1 Å². The minimum absolute atomic E-state index is 0.130. The summed E-state index contributed by atoms with van der Waals surface area (Å²) >= 11 is 0. The quantitative estimate of drug-likeness (QED) is 0.575. The van der Waals surface area contributed by atoms with Gasteiger partial charge in [-0.25, -0.2) is 4.79 Å². The number of carbonyl (C=O) groups excluding carboxylic acids is 2. The van der Waals surface area contributed by atoms with Gasteiger partial charge in [0.05, 0.1) is 21.3 Å². The summed E-state index contributed by atoms with van der Waals surface area (Å²) in [7, 11) is 4.36. The molecule has 0 saturated carbocycles. The van der Waals surface area contributed by atoms with E-state index in [-0.39, 0.29) is 11.3 Å². The highest BCUT2D eigenvalue weighted by atomic mass is 16.5. The molecule has 0 spiro atoms. The first-order valence-electron chi connectivity index (χ1n) is 9.98. The highest BCUT2D eigenvalue weighted by Gasteiger charge is 2.20.